The number of amides is 1. The van der Waals surface area contributed by atoms with Gasteiger partial charge in [0, 0.05) is 25.7 Å². The zero-order valence-electron chi connectivity index (χ0n) is 19.1. The molecule has 3 heteroatoms. The van der Waals surface area contributed by atoms with Gasteiger partial charge in [-0.3, -0.25) is 4.79 Å². The van der Waals surface area contributed by atoms with Crippen LogP contribution >= 0.6 is 0 Å². The highest BCUT2D eigenvalue weighted by Crippen LogP contribution is 2.23. The summed E-state index contributed by atoms with van der Waals surface area (Å²) in [5, 5.41) is 0. The summed E-state index contributed by atoms with van der Waals surface area (Å²) < 4.78 is 0. The molecule has 0 spiro atoms. The van der Waals surface area contributed by atoms with E-state index in [9.17, 15) is 4.79 Å². The van der Waals surface area contributed by atoms with Crippen molar-refractivity contribution in [1.82, 2.24) is 9.80 Å². The Morgan fingerprint density at radius 1 is 0.788 bits per heavy atom. The van der Waals surface area contributed by atoms with E-state index in [-0.39, 0.29) is 5.91 Å². The summed E-state index contributed by atoms with van der Waals surface area (Å²) in [6.45, 7) is 4.50. The second-order valence-corrected chi connectivity index (χ2v) is 8.43. The van der Waals surface area contributed by atoms with Crippen LogP contribution in [0.3, 0.4) is 0 Å². The highest BCUT2D eigenvalue weighted by Gasteiger charge is 2.16. The molecule has 0 aliphatic carbocycles. The number of nitrogens with zero attached hydrogens (tertiary/aromatic N) is 2. The van der Waals surface area contributed by atoms with Crippen molar-refractivity contribution in [3.63, 3.8) is 0 Å². The third kappa shape index (κ3) is 6.77. The summed E-state index contributed by atoms with van der Waals surface area (Å²) >= 11 is 0. The van der Waals surface area contributed by atoms with E-state index < -0.39 is 0 Å². The molecule has 0 atom stereocenters. The van der Waals surface area contributed by atoms with Gasteiger partial charge in [0.1, 0.15) is 0 Å². The Kier molecular flexibility index (Phi) is 8.26. The van der Waals surface area contributed by atoms with Gasteiger partial charge < -0.3 is 9.80 Å². The topological polar surface area (TPSA) is 23.6 Å². The van der Waals surface area contributed by atoms with Gasteiger partial charge in [0.15, 0.2) is 0 Å². The molecule has 1 saturated heterocycles. The van der Waals surface area contributed by atoms with Crippen molar-refractivity contribution in [3.05, 3.63) is 120 Å². The van der Waals surface area contributed by atoms with Crippen molar-refractivity contribution in [1.29, 1.82) is 0 Å². The molecule has 3 aromatic rings. The lowest BCUT2D eigenvalue weighted by molar-refractivity contribution is -0.125. The van der Waals surface area contributed by atoms with Crippen LogP contribution in [0.1, 0.15) is 29.5 Å². The molecule has 0 aromatic heterocycles. The standard InChI is InChI=1S/C30H32N2O/c33-30(19-18-26-12-4-1-5-13-26)32(25-24-31-21-10-11-22-31)23-20-29(27-14-6-2-7-15-27)28-16-8-3-9-17-28/h1-9,12-20H,10-11,21-25H2/b19-18+. The van der Waals surface area contributed by atoms with E-state index in [1.165, 1.54) is 12.8 Å². The molecule has 1 fully saturated rings. The number of hydrogen-bond donors (Lipinski definition) is 0. The van der Waals surface area contributed by atoms with Crippen LogP contribution in [-0.2, 0) is 4.79 Å². The van der Waals surface area contributed by atoms with Gasteiger partial charge in [0.05, 0.1) is 0 Å². The molecule has 168 valence electrons. The highest BCUT2D eigenvalue weighted by molar-refractivity contribution is 5.92. The molecule has 1 aliphatic rings. The molecular formula is C30H32N2O. The molecule has 1 aliphatic heterocycles. The average Bonchev–Trinajstić information content (AvgIpc) is 3.40. The van der Waals surface area contributed by atoms with Crippen molar-refractivity contribution in [3.8, 4) is 0 Å². The van der Waals surface area contributed by atoms with Crippen LogP contribution in [0.5, 0.6) is 0 Å². The Hall–Kier alpha value is -3.43. The van der Waals surface area contributed by atoms with Gasteiger partial charge in [0.2, 0.25) is 5.91 Å². The first-order chi connectivity index (χ1) is 16.3. The number of benzene rings is 3. The summed E-state index contributed by atoms with van der Waals surface area (Å²) in [5.74, 6) is 0.0507. The Morgan fingerprint density at radius 2 is 1.33 bits per heavy atom. The Balaban J connectivity index is 1.55. The number of rotatable bonds is 9. The van der Waals surface area contributed by atoms with E-state index in [0.29, 0.717) is 6.54 Å². The van der Waals surface area contributed by atoms with E-state index in [1.807, 2.05) is 53.4 Å². The van der Waals surface area contributed by atoms with Crippen molar-refractivity contribution >= 4 is 17.6 Å². The maximum atomic E-state index is 13.2. The smallest absolute Gasteiger partial charge is 0.246 e. The lowest BCUT2D eigenvalue weighted by Gasteiger charge is -2.24. The summed E-state index contributed by atoms with van der Waals surface area (Å²) in [4.78, 5) is 17.6. The minimum atomic E-state index is 0.0507. The molecule has 33 heavy (non-hydrogen) atoms. The van der Waals surface area contributed by atoms with Gasteiger partial charge in [-0.2, -0.15) is 0 Å². The van der Waals surface area contributed by atoms with Gasteiger partial charge in [-0.05, 0) is 54.3 Å². The molecule has 3 aromatic carbocycles. The monoisotopic (exact) mass is 436 g/mol. The normalized spacial score (nSPS) is 13.8. The summed E-state index contributed by atoms with van der Waals surface area (Å²) in [5.41, 5.74) is 4.52. The molecular weight excluding hydrogens is 404 g/mol. The fourth-order valence-corrected chi connectivity index (χ4v) is 4.24. The van der Waals surface area contributed by atoms with E-state index in [0.717, 1.165) is 48.4 Å². The van der Waals surface area contributed by atoms with Gasteiger partial charge >= 0.3 is 0 Å². The summed E-state index contributed by atoms with van der Waals surface area (Å²) in [6, 6.07) is 30.8. The first kappa shape index (κ1) is 22.8. The predicted molar refractivity (Wildman–Crippen MR) is 138 cm³/mol. The second kappa shape index (κ2) is 12.0. The van der Waals surface area contributed by atoms with Crippen LogP contribution in [0.15, 0.2) is 103 Å². The van der Waals surface area contributed by atoms with Crippen LogP contribution < -0.4 is 0 Å². The molecule has 3 nitrogen and oxygen atoms in total. The van der Waals surface area contributed by atoms with Crippen molar-refractivity contribution in [2.24, 2.45) is 0 Å². The van der Waals surface area contributed by atoms with Crippen LogP contribution in [0, 0.1) is 0 Å². The molecule has 4 rings (SSSR count). The lowest BCUT2D eigenvalue weighted by atomic mass is 9.97. The molecule has 0 radical (unpaired) electrons. The average molecular weight is 437 g/mol. The van der Waals surface area contributed by atoms with Gasteiger partial charge in [0.25, 0.3) is 0 Å². The lowest BCUT2D eigenvalue weighted by Crippen LogP contribution is -2.37. The summed E-state index contributed by atoms with van der Waals surface area (Å²) in [6.07, 6.45) is 8.33. The SMILES string of the molecule is O=C(/C=C/c1ccccc1)N(CC=C(c1ccccc1)c1ccccc1)CCN1CCCC1. The van der Waals surface area contributed by atoms with Gasteiger partial charge in [-0.15, -0.1) is 0 Å². The largest absolute Gasteiger partial charge is 0.334 e. The quantitative estimate of drug-likeness (QED) is 0.398. The minimum Gasteiger partial charge on any atom is -0.334 e. The van der Waals surface area contributed by atoms with Crippen LogP contribution in [0.25, 0.3) is 11.6 Å². The number of carbonyl (C=O) groups is 1. The van der Waals surface area contributed by atoms with Gasteiger partial charge in [-0.1, -0.05) is 97.1 Å². The van der Waals surface area contributed by atoms with Crippen LogP contribution in [-0.4, -0.2) is 48.4 Å². The summed E-state index contributed by atoms with van der Waals surface area (Å²) in [7, 11) is 0. The maximum absolute atomic E-state index is 13.2. The van der Waals surface area contributed by atoms with Crippen LogP contribution in [0.4, 0.5) is 0 Å². The van der Waals surface area contributed by atoms with E-state index in [1.54, 1.807) is 6.08 Å². The Morgan fingerprint density at radius 3 is 1.91 bits per heavy atom. The zero-order valence-corrected chi connectivity index (χ0v) is 19.1. The molecule has 0 N–H and O–H groups in total. The maximum Gasteiger partial charge on any atom is 0.246 e. The zero-order chi connectivity index (χ0) is 22.7. The van der Waals surface area contributed by atoms with E-state index >= 15 is 0 Å². The second-order valence-electron chi connectivity index (χ2n) is 8.43. The molecule has 0 unspecified atom stereocenters. The number of hydrogen-bond acceptors (Lipinski definition) is 2. The van der Waals surface area contributed by atoms with Crippen LogP contribution in [0.2, 0.25) is 0 Å². The minimum absolute atomic E-state index is 0.0507. The molecule has 0 bridgehead atoms. The number of likely N-dealkylation sites (tertiary alicyclic amines) is 1. The Labute approximate surface area is 197 Å². The predicted octanol–water partition coefficient (Wildman–Crippen LogP) is 5.76. The van der Waals surface area contributed by atoms with E-state index in [2.05, 4.69) is 59.5 Å². The fourth-order valence-electron chi connectivity index (χ4n) is 4.24. The molecule has 1 heterocycles. The Bertz CT molecular complexity index is 1010. The third-order valence-corrected chi connectivity index (χ3v) is 6.10. The number of carbonyl (C=O) groups excluding carboxylic acids is 1. The van der Waals surface area contributed by atoms with E-state index in [4.69, 9.17) is 0 Å². The van der Waals surface area contributed by atoms with Gasteiger partial charge in [-0.25, -0.2) is 0 Å². The highest BCUT2D eigenvalue weighted by atomic mass is 16.2. The van der Waals surface area contributed by atoms with Crippen molar-refractivity contribution in [2.75, 3.05) is 32.7 Å². The van der Waals surface area contributed by atoms with Crippen molar-refractivity contribution in [2.45, 2.75) is 12.8 Å². The molecule has 0 saturated carbocycles. The fraction of sp³-hybridized carbons (Fsp3) is 0.233. The van der Waals surface area contributed by atoms with Crippen molar-refractivity contribution < 1.29 is 4.79 Å². The first-order valence-electron chi connectivity index (χ1n) is 11.8. The molecule has 1 amide bonds. The third-order valence-electron chi connectivity index (χ3n) is 6.10. The first-order valence-corrected chi connectivity index (χ1v) is 11.8.